The molecule has 0 fully saturated rings. The van der Waals surface area contributed by atoms with Gasteiger partial charge in [-0.25, -0.2) is 0 Å². The number of amides is 1. The second-order valence-electron chi connectivity index (χ2n) is 4.58. The number of anilines is 1. The summed E-state index contributed by atoms with van der Waals surface area (Å²) in [6, 6.07) is 10.3. The monoisotopic (exact) mass is 337 g/mol. The molecule has 6 heteroatoms. The van der Waals surface area contributed by atoms with Crippen LogP contribution in [-0.4, -0.2) is 18.8 Å². The predicted octanol–water partition coefficient (Wildman–Crippen LogP) is 4.13. The van der Waals surface area contributed by atoms with Crippen LogP contribution in [0.25, 0.3) is 0 Å². The lowest BCUT2D eigenvalue weighted by Gasteiger charge is -2.12. The molecule has 0 saturated carbocycles. The zero-order valence-electron chi connectivity index (χ0n) is 11.7. The lowest BCUT2D eigenvalue weighted by molar-refractivity contribution is -0.118. The summed E-state index contributed by atoms with van der Waals surface area (Å²) in [5, 5.41) is 3.23. The summed E-state index contributed by atoms with van der Waals surface area (Å²) < 4.78 is 5.35. The van der Waals surface area contributed by atoms with Gasteiger partial charge in [-0.2, -0.15) is 0 Å². The van der Waals surface area contributed by atoms with Crippen LogP contribution in [-0.2, 0) is 4.79 Å². The van der Waals surface area contributed by atoms with Gasteiger partial charge in [-0.15, -0.1) is 0 Å². The number of carbonyl (C=O) groups is 2. The Hall–Kier alpha value is -2.04. The van der Waals surface area contributed by atoms with E-state index >= 15 is 0 Å². The zero-order valence-corrected chi connectivity index (χ0v) is 13.2. The summed E-state index contributed by atoms with van der Waals surface area (Å²) in [5.41, 5.74) is 1.84. The molecular formula is C16H13Cl2NO3. The number of rotatable bonds is 5. The van der Waals surface area contributed by atoms with Gasteiger partial charge in [-0.3, -0.25) is 9.59 Å². The van der Waals surface area contributed by atoms with Crippen LogP contribution in [0.2, 0.25) is 10.0 Å². The molecule has 2 rings (SSSR count). The number of hydrogen-bond donors (Lipinski definition) is 1. The van der Waals surface area contributed by atoms with Crippen LogP contribution in [0.3, 0.4) is 0 Å². The van der Waals surface area contributed by atoms with Crippen molar-refractivity contribution in [1.82, 2.24) is 0 Å². The highest BCUT2D eigenvalue weighted by molar-refractivity contribution is 6.36. The smallest absolute Gasteiger partial charge is 0.262 e. The number of benzene rings is 2. The first-order valence-corrected chi connectivity index (χ1v) is 7.19. The molecule has 0 spiro atoms. The highest BCUT2D eigenvalue weighted by atomic mass is 35.5. The number of aldehydes is 1. The summed E-state index contributed by atoms with van der Waals surface area (Å²) in [6.45, 7) is 1.62. The first kappa shape index (κ1) is 16.3. The number of halogens is 2. The van der Waals surface area contributed by atoms with Crippen LogP contribution in [0.1, 0.15) is 15.9 Å². The van der Waals surface area contributed by atoms with E-state index < -0.39 is 0 Å². The van der Waals surface area contributed by atoms with Gasteiger partial charge in [0, 0.05) is 10.7 Å². The van der Waals surface area contributed by atoms with Gasteiger partial charge in [0.25, 0.3) is 5.91 Å². The average Bonchev–Trinajstić information content (AvgIpc) is 2.48. The molecule has 22 heavy (non-hydrogen) atoms. The molecule has 1 N–H and O–H groups in total. The molecule has 4 nitrogen and oxygen atoms in total. The van der Waals surface area contributed by atoms with Crippen molar-refractivity contribution in [2.45, 2.75) is 6.92 Å². The van der Waals surface area contributed by atoms with Crippen LogP contribution < -0.4 is 10.1 Å². The minimum Gasteiger partial charge on any atom is -0.481 e. The standard InChI is InChI=1S/C16H13Cl2NO3/c1-10-4-2-3-5-14(10)19-15(21)9-22-16-11(8-20)6-12(17)7-13(16)18/h2-8H,9H2,1H3,(H,19,21). The van der Waals surface area contributed by atoms with E-state index in [-0.39, 0.29) is 28.8 Å². The van der Waals surface area contributed by atoms with Gasteiger partial charge in [0.05, 0.1) is 10.6 Å². The maximum atomic E-state index is 11.9. The van der Waals surface area contributed by atoms with Crippen molar-refractivity contribution in [2.75, 3.05) is 11.9 Å². The van der Waals surface area contributed by atoms with Gasteiger partial charge in [0.1, 0.15) is 5.75 Å². The number of carbonyl (C=O) groups excluding carboxylic acids is 2. The van der Waals surface area contributed by atoms with E-state index in [1.54, 1.807) is 6.07 Å². The lowest BCUT2D eigenvalue weighted by Crippen LogP contribution is -2.21. The Morgan fingerprint density at radius 3 is 2.68 bits per heavy atom. The Morgan fingerprint density at radius 1 is 1.27 bits per heavy atom. The van der Waals surface area contributed by atoms with E-state index in [0.717, 1.165) is 5.56 Å². The van der Waals surface area contributed by atoms with Crippen LogP contribution >= 0.6 is 23.2 Å². The van der Waals surface area contributed by atoms with E-state index in [4.69, 9.17) is 27.9 Å². The molecule has 0 atom stereocenters. The first-order valence-electron chi connectivity index (χ1n) is 6.43. The third-order valence-corrected chi connectivity index (χ3v) is 3.43. The fourth-order valence-electron chi connectivity index (χ4n) is 1.86. The zero-order chi connectivity index (χ0) is 16.1. The summed E-state index contributed by atoms with van der Waals surface area (Å²) >= 11 is 11.8. The summed E-state index contributed by atoms with van der Waals surface area (Å²) in [7, 11) is 0. The fourth-order valence-corrected chi connectivity index (χ4v) is 2.42. The molecule has 0 radical (unpaired) electrons. The minimum atomic E-state index is -0.350. The van der Waals surface area contributed by atoms with E-state index in [2.05, 4.69) is 5.32 Å². The Morgan fingerprint density at radius 2 is 2.00 bits per heavy atom. The summed E-state index contributed by atoms with van der Waals surface area (Å²) in [4.78, 5) is 22.9. The Labute approximate surface area is 138 Å². The molecule has 0 unspecified atom stereocenters. The predicted molar refractivity (Wildman–Crippen MR) is 87.2 cm³/mol. The highest BCUT2D eigenvalue weighted by Gasteiger charge is 2.12. The lowest BCUT2D eigenvalue weighted by atomic mass is 10.2. The minimum absolute atomic E-state index is 0.140. The summed E-state index contributed by atoms with van der Waals surface area (Å²) in [5.74, 6) is -0.210. The third kappa shape index (κ3) is 4.00. The van der Waals surface area contributed by atoms with Gasteiger partial charge < -0.3 is 10.1 Å². The average molecular weight is 338 g/mol. The van der Waals surface area contributed by atoms with Gasteiger partial charge in [0.2, 0.25) is 0 Å². The van der Waals surface area contributed by atoms with E-state index in [9.17, 15) is 9.59 Å². The van der Waals surface area contributed by atoms with Crippen molar-refractivity contribution in [1.29, 1.82) is 0 Å². The molecule has 2 aromatic carbocycles. The number of hydrogen-bond acceptors (Lipinski definition) is 3. The molecule has 1 amide bonds. The molecule has 2 aromatic rings. The first-order chi connectivity index (χ1) is 10.5. The molecule has 0 heterocycles. The fraction of sp³-hybridized carbons (Fsp3) is 0.125. The Kier molecular flexibility index (Phi) is 5.41. The maximum absolute atomic E-state index is 11.9. The molecule has 0 aliphatic carbocycles. The van der Waals surface area contributed by atoms with Crippen molar-refractivity contribution in [3.05, 3.63) is 57.6 Å². The van der Waals surface area contributed by atoms with Gasteiger partial charge in [-0.05, 0) is 30.7 Å². The second kappa shape index (κ2) is 7.29. The SMILES string of the molecule is Cc1ccccc1NC(=O)COc1c(Cl)cc(Cl)cc1C=O. The van der Waals surface area contributed by atoms with E-state index in [0.29, 0.717) is 17.0 Å². The normalized spacial score (nSPS) is 10.1. The highest BCUT2D eigenvalue weighted by Crippen LogP contribution is 2.31. The molecule has 114 valence electrons. The number of ether oxygens (including phenoxy) is 1. The van der Waals surface area contributed by atoms with Gasteiger partial charge >= 0.3 is 0 Å². The molecule has 0 aromatic heterocycles. The van der Waals surface area contributed by atoms with Crippen LogP contribution in [0.15, 0.2) is 36.4 Å². The van der Waals surface area contributed by atoms with Crippen LogP contribution in [0.5, 0.6) is 5.75 Å². The van der Waals surface area contributed by atoms with Crippen molar-refractivity contribution in [2.24, 2.45) is 0 Å². The maximum Gasteiger partial charge on any atom is 0.262 e. The Balaban J connectivity index is 2.06. The molecule has 0 saturated heterocycles. The third-order valence-electron chi connectivity index (χ3n) is 2.93. The van der Waals surface area contributed by atoms with Crippen LogP contribution in [0.4, 0.5) is 5.69 Å². The van der Waals surface area contributed by atoms with Crippen LogP contribution in [0, 0.1) is 6.92 Å². The van der Waals surface area contributed by atoms with Crippen molar-refractivity contribution in [3.63, 3.8) is 0 Å². The molecule has 0 bridgehead atoms. The summed E-state index contributed by atoms with van der Waals surface area (Å²) in [6.07, 6.45) is 0.576. The Bertz CT molecular complexity index is 717. The van der Waals surface area contributed by atoms with E-state index in [1.807, 2.05) is 25.1 Å². The quantitative estimate of drug-likeness (QED) is 0.834. The molecular weight excluding hydrogens is 325 g/mol. The topological polar surface area (TPSA) is 55.4 Å². The van der Waals surface area contributed by atoms with Crippen molar-refractivity contribution in [3.8, 4) is 5.75 Å². The van der Waals surface area contributed by atoms with Crippen molar-refractivity contribution >= 4 is 41.1 Å². The molecule has 0 aliphatic rings. The van der Waals surface area contributed by atoms with Gasteiger partial charge in [-0.1, -0.05) is 41.4 Å². The van der Waals surface area contributed by atoms with E-state index in [1.165, 1.54) is 12.1 Å². The number of para-hydroxylation sites is 1. The number of nitrogens with one attached hydrogen (secondary N) is 1. The molecule has 0 aliphatic heterocycles. The second-order valence-corrected chi connectivity index (χ2v) is 5.42. The van der Waals surface area contributed by atoms with Crippen molar-refractivity contribution < 1.29 is 14.3 Å². The largest absolute Gasteiger partial charge is 0.481 e. The van der Waals surface area contributed by atoms with Gasteiger partial charge in [0.15, 0.2) is 12.9 Å². The number of aryl methyl sites for hydroxylation is 1.